The Hall–Kier alpha value is -0.370. The summed E-state index contributed by atoms with van der Waals surface area (Å²) >= 11 is 0. The number of carbonyl (C=O) groups excluding carboxylic acids is 1. The molecule has 0 spiro atoms. The Morgan fingerprint density at radius 3 is 2.73 bits per heavy atom. The zero-order chi connectivity index (χ0) is 11.2. The van der Waals surface area contributed by atoms with Crippen molar-refractivity contribution in [2.75, 3.05) is 0 Å². The molecule has 1 saturated carbocycles. The lowest BCUT2D eigenvalue weighted by atomic mass is 9.62. The van der Waals surface area contributed by atoms with E-state index in [1.54, 1.807) is 6.92 Å². The Morgan fingerprint density at radius 2 is 2.13 bits per heavy atom. The summed E-state index contributed by atoms with van der Waals surface area (Å²) in [6.07, 6.45) is 3.95. The molecule has 2 heteroatoms. The summed E-state index contributed by atoms with van der Waals surface area (Å²) in [5.74, 6) is 1.58. The molecule has 0 radical (unpaired) electrons. The second-order valence-electron chi connectivity index (χ2n) is 6.04. The molecule has 4 unspecified atom stereocenters. The van der Waals surface area contributed by atoms with Crippen molar-refractivity contribution in [2.24, 2.45) is 17.3 Å². The average Bonchev–Trinajstić information content (AvgIpc) is 2.80. The van der Waals surface area contributed by atoms with Gasteiger partial charge in [-0.15, -0.1) is 0 Å². The fourth-order valence-corrected chi connectivity index (χ4v) is 3.41. The van der Waals surface area contributed by atoms with Crippen molar-refractivity contribution in [2.45, 2.75) is 59.2 Å². The molecule has 0 aromatic carbocycles. The maximum atomic E-state index is 11.1. The van der Waals surface area contributed by atoms with Gasteiger partial charge < -0.3 is 9.53 Å². The predicted octanol–water partition coefficient (Wildman–Crippen LogP) is 2.81. The third-order valence-corrected chi connectivity index (χ3v) is 4.31. The lowest BCUT2D eigenvalue weighted by Crippen LogP contribution is -2.38. The van der Waals surface area contributed by atoms with E-state index < -0.39 is 0 Å². The van der Waals surface area contributed by atoms with Crippen LogP contribution in [0.1, 0.15) is 47.0 Å². The van der Waals surface area contributed by atoms with Gasteiger partial charge in [-0.05, 0) is 37.0 Å². The Labute approximate surface area is 92.4 Å². The number of fused-ring (bicyclic) bond motifs is 1. The van der Waals surface area contributed by atoms with E-state index in [2.05, 4.69) is 20.8 Å². The summed E-state index contributed by atoms with van der Waals surface area (Å²) in [5, 5.41) is 0. The molecule has 1 aliphatic carbocycles. The average molecular weight is 210 g/mol. The third kappa shape index (κ3) is 2.10. The summed E-state index contributed by atoms with van der Waals surface area (Å²) in [6, 6.07) is 0. The number of epoxide rings is 1. The molecule has 0 aromatic rings. The van der Waals surface area contributed by atoms with E-state index in [1.165, 1.54) is 6.42 Å². The van der Waals surface area contributed by atoms with Gasteiger partial charge in [0.25, 0.3) is 0 Å². The Kier molecular flexibility index (Phi) is 2.66. The van der Waals surface area contributed by atoms with Crippen LogP contribution in [-0.2, 0) is 9.53 Å². The predicted molar refractivity (Wildman–Crippen MR) is 59.6 cm³/mol. The van der Waals surface area contributed by atoms with Gasteiger partial charge in [-0.3, -0.25) is 0 Å². The highest BCUT2D eigenvalue weighted by Gasteiger charge is 2.55. The zero-order valence-electron chi connectivity index (χ0n) is 10.2. The van der Waals surface area contributed by atoms with Gasteiger partial charge in [0.05, 0.1) is 12.2 Å². The lowest BCUT2D eigenvalue weighted by molar-refractivity contribution is -0.117. The monoisotopic (exact) mass is 210 g/mol. The number of ketones is 1. The molecule has 2 rings (SSSR count). The Morgan fingerprint density at radius 1 is 1.47 bits per heavy atom. The quantitative estimate of drug-likeness (QED) is 0.670. The number of hydrogen-bond acceptors (Lipinski definition) is 2. The highest BCUT2D eigenvalue weighted by atomic mass is 16.6. The number of rotatable bonds is 3. The molecule has 2 fully saturated rings. The van der Waals surface area contributed by atoms with Gasteiger partial charge in [-0.25, -0.2) is 0 Å². The van der Waals surface area contributed by atoms with Crippen LogP contribution in [0.4, 0.5) is 0 Å². The summed E-state index contributed by atoms with van der Waals surface area (Å²) in [5.41, 5.74) is 0.340. The van der Waals surface area contributed by atoms with Crippen molar-refractivity contribution in [3.63, 3.8) is 0 Å². The smallest absolute Gasteiger partial charge is 0.129 e. The van der Waals surface area contributed by atoms with Gasteiger partial charge in [-0.1, -0.05) is 20.8 Å². The van der Waals surface area contributed by atoms with Crippen LogP contribution in [-0.4, -0.2) is 18.0 Å². The fourth-order valence-electron chi connectivity index (χ4n) is 3.41. The maximum absolute atomic E-state index is 11.1. The first kappa shape index (κ1) is 11.1. The maximum Gasteiger partial charge on any atom is 0.129 e. The third-order valence-electron chi connectivity index (χ3n) is 4.31. The van der Waals surface area contributed by atoms with Crippen molar-refractivity contribution >= 4 is 5.78 Å². The van der Waals surface area contributed by atoms with Crippen LogP contribution in [0.25, 0.3) is 0 Å². The molecule has 15 heavy (non-hydrogen) atoms. The largest absolute Gasteiger partial charge is 0.369 e. The summed E-state index contributed by atoms with van der Waals surface area (Å²) < 4.78 is 5.68. The van der Waals surface area contributed by atoms with Gasteiger partial charge in [0.15, 0.2) is 0 Å². The van der Waals surface area contributed by atoms with E-state index >= 15 is 0 Å². The van der Waals surface area contributed by atoms with E-state index in [0.717, 1.165) is 12.8 Å². The molecule has 1 heterocycles. The minimum atomic E-state index is 0.317. The second-order valence-corrected chi connectivity index (χ2v) is 6.04. The highest BCUT2D eigenvalue weighted by molar-refractivity contribution is 5.75. The number of hydrogen-bond donors (Lipinski definition) is 0. The van der Waals surface area contributed by atoms with Crippen molar-refractivity contribution in [1.29, 1.82) is 0 Å². The van der Waals surface area contributed by atoms with Gasteiger partial charge in [-0.2, -0.15) is 0 Å². The Balaban J connectivity index is 2.02. The molecule has 2 nitrogen and oxygen atoms in total. The van der Waals surface area contributed by atoms with Crippen molar-refractivity contribution in [3.8, 4) is 0 Å². The second kappa shape index (κ2) is 3.58. The number of carbonyl (C=O) groups is 1. The minimum absolute atomic E-state index is 0.317. The fraction of sp³-hybridized carbons (Fsp3) is 0.923. The molecule has 0 amide bonds. The minimum Gasteiger partial charge on any atom is -0.369 e. The SMILES string of the molecule is CC(=O)CCC1C(C)C2OC2CC1(C)C. The first-order chi connectivity index (χ1) is 6.92. The molecule has 0 aromatic heterocycles. The topological polar surface area (TPSA) is 29.6 Å². The van der Waals surface area contributed by atoms with Gasteiger partial charge in [0.2, 0.25) is 0 Å². The molecule has 0 N–H and O–H groups in total. The number of Topliss-reactive ketones (excluding diaryl/α,β-unsaturated/α-hetero) is 1. The Bertz CT molecular complexity index is 270. The molecule has 4 atom stereocenters. The van der Waals surface area contributed by atoms with Crippen LogP contribution >= 0.6 is 0 Å². The molecule has 0 bridgehead atoms. The van der Waals surface area contributed by atoms with Crippen LogP contribution in [0.15, 0.2) is 0 Å². The van der Waals surface area contributed by atoms with Gasteiger partial charge >= 0.3 is 0 Å². The molecular formula is C13H22O2. The van der Waals surface area contributed by atoms with E-state index in [-0.39, 0.29) is 0 Å². The van der Waals surface area contributed by atoms with Crippen LogP contribution in [0.2, 0.25) is 0 Å². The van der Waals surface area contributed by atoms with Crippen LogP contribution in [0.5, 0.6) is 0 Å². The van der Waals surface area contributed by atoms with Crippen molar-refractivity contribution in [3.05, 3.63) is 0 Å². The van der Waals surface area contributed by atoms with E-state index in [1.807, 2.05) is 0 Å². The van der Waals surface area contributed by atoms with E-state index in [9.17, 15) is 4.79 Å². The standard InChI is InChI=1S/C13H22O2/c1-8(14)5-6-10-9(2)12-11(15-12)7-13(10,3)4/h9-12H,5-7H2,1-4H3. The van der Waals surface area contributed by atoms with Crippen LogP contribution in [0.3, 0.4) is 0 Å². The molecule has 1 saturated heterocycles. The van der Waals surface area contributed by atoms with Gasteiger partial charge in [0.1, 0.15) is 5.78 Å². The lowest BCUT2D eigenvalue weighted by Gasteiger charge is -2.40. The summed E-state index contributed by atoms with van der Waals surface area (Å²) in [4.78, 5) is 11.1. The normalized spacial score (nSPS) is 42.1. The summed E-state index contributed by atoms with van der Waals surface area (Å²) in [6.45, 7) is 8.63. The van der Waals surface area contributed by atoms with Crippen LogP contribution in [0, 0.1) is 17.3 Å². The van der Waals surface area contributed by atoms with Gasteiger partial charge in [0, 0.05) is 6.42 Å². The molecule has 86 valence electrons. The van der Waals surface area contributed by atoms with Crippen molar-refractivity contribution < 1.29 is 9.53 Å². The molecule has 1 aliphatic heterocycles. The molecule has 2 aliphatic rings. The first-order valence-corrected chi connectivity index (χ1v) is 6.07. The summed E-state index contributed by atoms with van der Waals surface area (Å²) in [7, 11) is 0. The highest BCUT2D eigenvalue weighted by Crippen LogP contribution is 2.53. The first-order valence-electron chi connectivity index (χ1n) is 6.07. The molecular weight excluding hydrogens is 188 g/mol. The number of ether oxygens (including phenoxy) is 1. The van der Waals surface area contributed by atoms with Crippen LogP contribution < -0.4 is 0 Å². The van der Waals surface area contributed by atoms with Crippen molar-refractivity contribution in [1.82, 2.24) is 0 Å². The zero-order valence-corrected chi connectivity index (χ0v) is 10.2. The van der Waals surface area contributed by atoms with E-state index in [4.69, 9.17) is 4.74 Å². The van der Waals surface area contributed by atoms with E-state index in [0.29, 0.717) is 35.2 Å².